The summed E-state index contributed by atoms with van der Waals surface area (Å²) in [7, 11) is 0. The average molecular weight is 353 g/mol. The molecule has 0 aliphatic rings. The lowest BCUT2D eigenvalue weighted by Crippen LogP contribution is -2.21. The maximum absolute atomic E-state index is 12.1. The lowest BCUT2D eigenvalue weighted by molar-refractivity contribution is -0.274. The molecule has 0 atom stereocenters. The van der Waals surface area contributed by atoms with E-state index >= 15 is 0 Å². The number of benzene rings is 2. The molecule has 1 amide bonds. The third kappa shape index (κ3) is 5.70. The molecule has 0 saturated heterocycles. The first kappa shape index (κ1) is 18.6. The van der Waals surface area contributed by atoms with Crippen LogP contribution in [-0.2, 0) is 4.79 Å². The van der Waals surface area contributed by atoms with E-state index in [1.807, 2.05) is 32.9 Å². The maximum atomic E-state index is 12.1. The van der Waals surface area contributed by atoms with Crippen LogP contribution < -0.4 is 14.8 Å². The van der Waals surface area contributed by atoms with Crippen molar-refractivity contribution in [2.45, 2.75) is 27.1 Å². The monoisotopic (exact) mass is 353 g/mol. The molecule has 0 saturated carbocycles. The Morgan fingerprint density at radius 3 is 2.12 bits per heavy atom. The van der Waals surface area contributed by atoms with Crippen LogP contribution in [0.1, 0.15) is 16.7 Å². The number of anilines is 1. The molecular weight excluding hydrogens is 335 g/mol. The highest BCUT2D eigenvalue weighted by atomic mass is 19.4. The van der Waals surface area contributed by atoms with Gasteiger partial charge in [-0.3, -0.25) is 4.79 Å². The van der Waals surface area contributed by atoms with Crippen LogP contribution in [0.3, 0.4) is 0 Å². The lowest BCUT2D eigenvalue weighted by atomic mass is 10.1. The van der Waals surface area contributed by atoms with Gasteiger partial charge in [-0.1, -0.05) is 17.7 Å². The predicted molar refractivity (Wildman–Crippen MR) is 87.9 cm³/mol. The minimum absolute atomic E-state index is 0.203. The fraction of sp³-hybridized carbons (Fsp3) is 0.278. The second kappa shape index (κ2) is 7.46. The van der Waals surface area contributed by atoms with Crippen molar-refractivity contribution in [1.29, 1.82) is 0 Å². The summed E-state index contributed by atoms with van der Waals surface area (Å²) < 4.78 is 45.6. The van der Waals surface area contributed by atoms with Gasteiger partial charge >= 0.3 is 6.36 Å². The van der Waals surface area contributed by atoms with Crippen LogP contribution in [-0.4, -0.2) is 18.9 Å². The van der Waals surface area contributed by atoms with E-state index in [-0.39, 0.29) is 12.4 Å². The molecule has 1 N–H and O–H groups in total. The van der Waals surface area contributed by atoms with E-state index < -0.39 is 12.3 Å². The number of amides is 1. The Balaban J connectivity index is 1.92. The number of nitrogens with one attached hydrogen (secondary N) is 1. The van der Waals surface area contributed by atoms with Gasteiger partial charge in [0.25, 0.3) is 5.91 Å². The Labute approximate surface area is 143 Å². The predicted octanol–water partition coefficient (Wildman–Crippen LogP) is 4.53. The summed E-state index contributed by atoms with van der Waals surface area (Å²) in [5.74, 6) is -0.119. The second-order valence-electron chi connectivity index (χ2n) is 5.64. The molecule has 0 bridgehead atoms. The van der Waals surface area contributed by atoms with Gasteiger partial charge in [0.15, 0.2) is 6.61 Å². The lowest BCUT2D eigenvalue weighted by Gasteiger charge is -2.13. The summed E-state index contributed by atoms with van der Waals surface area (Å²) in [6.45, 7) is 5.56. The Morgan fingerprint density at radius 1 is 1.04 bits per heavy atom. The summed E-state index contributed by atoms with van der Waals surface area (Å²) >= 11 is 0. The second-order valence-corrected chi connectivity index (χ2v) is 5.64. The number of aryl methyl sites for hydroxylation is 3. The number of hydrogen-bond acceptors (Lipinski definition) is 3. The van der Waals surface area contributed by atoms with Crippen molar-refractivity contribution in [2.24, 2.45) is 0 Å². The molecule has 2 aromatic carbocycles. The molecule has 0 aliphatic heterocycles. The van der Waals surface area contributed by atoms with Gasteiger partial charge in [-0.15, -0.1) is 13.2 Å². The van der Waals surface area contributed by atoms with Crippen molar-refractivity contribution in [3.63, 3.8) is 0 Å². The van der Waals surface area contributed by atoms with E-state index in [4.69, 9.17) is 4.74 Å². The molecule has 4 nitrogen and oxygen atoms in total. The highest BCUT2D eigenvalue weighted by molar-refractivity contribution is 5.91. The van der Waals surface area contributed by atoms with Gasteiger partial charge in [-0.05, 0) is 56.2 Å². The van der Waals surface area contributed by atoms with E-state index in [0.29, 0.717) is 11.4 Å². The fourth-order valence-electron chi connectivity index (χ4n) is 2.47. The number of hydrogen-bond donors (Lipinski definition) is 1. The largest absolute Gasteiger partial charge is 0.573 e. The standard InChI is InChI=1S/C18H18F3NO3/c1-11-8-12(2)17(13(3)9-11)24-10-16(23)22-14-4-6-15(7-5-14)25-18(19,20)21/h4-9H,10H2,1-3H3,(H,22,23). The van der Waals surface area contributed by atoms with Crippen molar-refractivity contribution >= 4 is 11.6 Å². The van der Waals surface area contributed by atoms with Crippen LogP contribution in [0.15, 0.2) is 36.4 Å². The number of carbonyl (C=O) groups excluding carboxylic acids is 1. The van der Waals surface area contributed by atoms with Crippen LogP contribution in [0.2, 0.25) is 0 Å². The van der Waals surface area contributed by atoms with Crippen LogP contribution in [0.4, 0.5) is 18.9 Å². The van der Waals surface area contributed by atoms with E-state index in [9.17, 15) is 18.0 Å². The van der Waals surface area contributed by atoms with E-state index in [1.165, 1.54) is 12.1 Å². The first-order valence-electron chi connectivity index (χ1n) is 7.50. The Bertz CT molecular complexity index is 732. The maximum Gasteiger partial charge on any atom is 0.573 e. The van der Waals surface area contributed by atoms with Crippen molar-refractivity contribution in [1.82, 2.24) is 0 Å². The zero-order chi connectivity index (χ0) is 18.6. The topological polar surface area (TPSA) is 47.6 Å². The zero-order valence-electron chi connectivity index (χ0n) is 14.0. The first-order chi connectivity index (χ1) is 11.6. The van der Waals surface area contributed by atoms with Gasteiger partial charge in [-0.2, -0.15) is 0 Å². The number of halogens is 3. The molecule has 25 heavy (non-hydrogen) atoms. The van der Waals surface area contributed by atoms with Crippen molar-refractivity contribution in [3.05, 3.63) is 53.1 Å². The summed E-state index contributed by atoms with van der Waals surface area (Å²) in [4.78, 5) is 11.9. The highest BCUT2D eigenvalue weighted by Crippen LogP contribution is 2.25. The average Bonchev–Trinajstić information content (AvgIpc) is 2.46. The van der Waals surface area contributed by atoms with E-state index in [1.54, 1.807) is 0 Å². The first-order valence-corrected chi connectivity index (χ1v) is 7.50. The Kier molecular flexibility index (Phi) is 5.56. The number of alkyl halides is 3. The van der Waals surface area contributed by atoms with Gasteiger partial charge < -0.3 is 14.8 Å². The quantitative estimate of drug-likeness (QED) is 0.859. The molecule has 0 fully saturated rings. The molecular formula is C18H18F3NO3. The van der Waals surface area contributed by atoms with Crippen molar-refractivity contribution in [2.75, 3.05) is 11.9 Å². The number of ether oxygens (including phenoxy) is 2. The van der Waals surface area contributed by atoms with Crippen molar-refractivity contribution in [3.8, 4) is 11.5 Å². The summed E-state index contributed by atoms with van der Waals surface area (Å²) in [5, 5.41) is 2.55. The number of carbonyl (C=O) groups is 1. The summed E-state index contributed by atoms with van der Waals surface area (Å²) in [5.41, 5.74) is 3.31. The van der Waals surface area contributed by atoms with Crippen LogP contribution in [0.5, 0.6) is 11.5 Å². The van der Waals surface area contributed by atoms with Crippen molar-refractivity contribution < 1.29 is 27.4 Å². The molecule has 0 aromatic heterocycles. The van der Waals surface area contributed by atoms with Crippen LogP contribution in [0, 0.1) is 20.8 Å². The van der Waals surface area contributed by atoms with E-state index in [0.717, 1.165) is 28.8 Å². The molecule has 2 aromatic rings. The molecule has 0 unspecified atom stereocenters. The molecule has 0 radical (unpaired) electrons. The van der Waals surface area contributed by atoms with Gasteiger partial charge in [-0.25, -0.2) is 0 Å². The molecule has 134 valence electrons. The SMILES string of the molecule is Cc1cc(C)c(OCC(=O)Nc2ccc(OC(F)(F)F)cc2)c(C)c1. The summed E-state index contributed by atoms with van der Waals surface area (Å²) in [6, 6.07) is 8.80. The van der Waals surface area contributed by atoms with E-state index in [2.05, 4.69) is 10.1 Å². The molecule has 7 heteroatoms. The van der Waals surface area contributed by atoms with Crippen LogP contribution in [0.25, 0.3) is 0 Å². The Morgan fingerprint density at radius 2 is 1.60 bits per heavy atom. The van der Waals surface area contributed by atoms with Gasteiger partial charge in [0.05, 0.1) is 0 Å². The Hall–Kier alpha value is -2.70. The summed E-state index contributed by atoms with van der Waals surface area (Å²) in [6.07, 6.45) is -4.75. The minimum atomic E-state index is -4.75. The zero-order valence-corrected chi connectivity index (χ0v) is 14.0. The van der Waals surface area contributed by atoms with Gasteiger partial charge in [0, 0.05) is 5.69 Å². The third-order valence-electron chi connectivity index (χ3n) is 3.32. The smallest absolute Gasteiger partial charge is 0.483 e. The molecule has 0 aliphatic carbocycles. The number of rotatable bonds is 5. The third-order valence-corrected chi connectivity index (χ3v) is 3.32. The molecule has 0 heterocycles. The molecule has 2 rings (SSSR count). The van der Waals surface area contributed by atoms with Gasteiger partial charge in [0.1, 0.15) is 11.5 Å². The molecule has 0 spiro atoms. The highest BCUT2D eigenvalue weighted by Gasteiger charge is 2.30. The normalized spacial score (nSPS) is 11.1. The fourth-order valence-corrected chi connectivity index (χ4v) is 2.47. The minimum Gasteiger partial charge on any atom is -0.483 e. The van der Waals surface area contributed by atoms with Crippen LogP contribution >= 0.6 is 0 Å². The van der Waals surface area contributed by atoms with Gasteiger partial charge in [0.2, 0.25) is 0 Å².